The predicted octanol–water partition coefficient (Wildman–Crippen LogP) is 4.33. The minimum Gasteiger partial charge on any atom is -0.452 e. The summed E-state index contributed by atoms with van der Waals surface area (Å²) >= 11 is 5.87. The number of esters is 1. The number of hydrogen-bond donors (Lipinski definition) is 1. The number of aryl methyl sites for hydroxylation is 1. The Morgan fingerprint density at radius 3 is 2.26 bits per heavy atom. The standard InChI is InChI=1S/C24H27ClN2O4/c1-3-17-4-10-21(11-5-17)26-22(28)16(2)31-24(30)19-12-14-27(15-13-19)23(29)18-6-8-20(25)9-7-18/h4-11,16,19H,3,12-15H2,1-2H3,(H,26,28). The number of amides is 2. The van der Waals surface area contributed by atoms with Crippen LogP contribution in [-0.4, -0.2) is 41.9 Å². The minimum absolute atomic E-state index is 0.0784. The first-order valence-corrected chi connectivity index (χ1v) is 10.9. The van der Waals surface area contributed by atoms with Crippen molar-refractivity contribution in [2.45, 2.75) is 39.2 Å². The fraction of sp³-hybridized carbons (Fsp3) is 0.375. The Morgan fingerprint density at radius 2 is 1.68 bits per heavy atom. The number of ether oxygens (including phenoxy) is 1. The van der Waals surface area contributed by atoms with E-state index in [-0.39, 0.29) is 17.7 Å². The highest BCUT2D eigenvalue weighted by Crippen LogP contribution is 2.22. The van der Waals surface area contributed by atoms with Crippen molar-refractivity contribution in [3.05, 3.63) is 64.7 Å². The maximum absolute atomic E-state index is 12.6. The predicted molar refractivity (Wildman–Crippen MR) is 120 cm³/mol. The van der Waals surface area contributed by atoms with Crippen molar-refractivity contribution in [3.8, 4) is 0 Å². The topological polar surface area (TPSA) is 75.7 Å². The first-order valence-electron chi connectivity index (χ1n) is 10.5. The van der Waals surface area contributed by atoms with Gasteiger partial charge in [0.15, 0.2) is 6.10 Å². The van der Waals surface area contributed by atoms with E-state index in [1.807, 2.05) is 24.3 Å². The molecule has 0 aliphatic carbocycles. The molecule has 1 saturated heterocycles. The first kappa shape index (κ1) is 22.8. The second-order valence-corrected chi connectivity index (χ2v) is 8.13. The van der Waals surface area contributed by atoms with Crippen LogP contribution < -0.4 is 5.32 Å². The Bertz CT molecular complexity index is 920. The average molecular weight is 443 g/mol. The van der Waals surface area contributed by atoms with E-state index < -0.39 is 12.1 Å². The van der Waals surface area contributed by atoms with Gasteiger partial charge < -0.3 is 15.0 Å². The molecule has 1 N–H and O–H groups in total. The van der Waals surface area contributed by atoms with Gasteiger partial charge in [0.1, 0.15) is 0 Å². The summed E-state index contributed by atoms with van der Waals surface area (Å²) in [4.78, 5) is 39.2. The number of carbonyl (C=O) groups excluding carboxylic acids is 3. The smallest absolute Gasteiger partial charge is 0.309 e. The van der Waals surface area contributed by atoms with Gasteiger partial charge in [-0.1, -0.05) is 30.7 Å². The Kier molecular flexibility index (Phi) is 7.69. The first-order chi connectivity index (χ1) is 14.9. The number of likely N-dealkylation sites (tertiary alicyclic amines) is 1. The third-order valence-electron chi connectivity index (χ3n) is 5.50. The summed E-state index contributed by atoms with van der Waals surface area (Å²) in [5.74, 6) is -1.17. The quantitative estimate of drug-likeness (QED) is 0.676. The molecule has 7 heteroatoms. The number of hydrogen-bond acceptors (Lipinski definition) is 4. The molecule has 0 bridgehead atoms. The van der Waals surface area contributed by atoms with Crippen LogP contribution in [-0.2, 0) is 20.7 Å². The van der Waals surface area contributed by atoms with Crippen LogP contribution in [0.5, 0.6) is 0 Å². The molecule has 1 aliphatic heterocycles. The summed E-state index contributed by atoms with van der Waals surface area (Å²) < 4.78 is 5.39. The summed E-state index contributed by atoms with van der Waals surface area (Å²) in [5.41, 5.74) is 2.42. The molecule has 2 aromatic carbocycles. The number of piperidine rings is 1. The number of halogens is 1. The van der Waals surface area contributed by atoms with Gasteiger partial charge >= 0.3 is 5.97 Å². The van der Waals surface area contributed by atoms with Gasteiger partial charge in [0.2, 0.25) is 0 Å². The summed E-state index contributed by atoms with van der Waals surface area (Å²) in [7, 11) is 0. The molecular formula is C24H27ClN2O4. The largest absolute Gasteiger partial charge is 0.452 e. The molecule has 1 fully saturated rings. The molecule has 0 spiro atoms. The molecule has 2 amide bonds. The third kappa shape index (κ3) is 6.07. The van der Waals surface area contributed by atoms with Gasteiger partial charge in [-0.15, -0.1) is 0 Å². The van der Waals surface area contributed by atoms with E-state index in [1.165, 1.54) is 5.56 Å². The number of carbonyl (C=O) groups is 3. The monoisotopic (exact) mass is 442 g/mol. The molecule has 1 heterocycles. The van der Waals surface area contributed by atoms with Crippen molar-refractivity contribution in [1.82, 2.24) is 4.90 Å². The lowest BCUT2D eigenvalue weighted by Crippen LogP contribution is -2.41. The zero-order valence-corrected chi connectivity index (χ0v) is 18.5. The molecule has 2 aromatic rings. The van der Waals surface area contributed by atoms with E-state index in [4.69, 9.17) is 16.3 Å². The Balaban J connectivity index is 1.46. The lowest BCUT2D eigenvalue weighted by molar-refractivity contribution is -0.158. The highest BCUT2D eigenvalue weighted by Gasteiger charge is 2.30. The normalized spacial score (nSPS) is 15.3. The summed E-state index contributed by atoms with van der Waals surface area (Å²) in [6, 6.07) is 14.3. The fourth-order valence-electron chi connectivity index (χ4n) is 3.48. The maximum atomic E-state index is 12.6. The van der Waals surface area contributed by atoms with Crippen molar-refractivity contribution in [2.24, 2.45) is 5.92 Å². The molecule has 0 radical (unpaired) electrons. The van der Waals surface area contributed by atoms with Crippen LogP contribution in [0.3, 0.4) is 0 Å². The SMILES string of the molecule is CCc1ccc(NC(=O)C(C)OC(=O)C2CCN(C(=O)c3ccc(Cl)cc3)CC2)cc1. The zero-order valence-electron chi connectivity index (χ0n) is 17.8. The molecular weight excluding hydrogens is 416 g/mol. The molecule has 164 valence electrons. The molecule has 1 aliphatic rings. The van der Waals surface area contributed by atoms with E-state index in [1.54, 1.807) is 36.1 Å². The number of nitrogens with one attached hydrogen (secondary N) is 1. The van der Waals surface area contributed by atoms with Crippen LogP contribution in [0.4, 0.5) is 5.69 Å². The van der Waals surface area contributed by atoms with Gasteiger partial charge in [-0.25, -0.2) is 0 Å². The van der Waals surface area contributed by atoms with Crippen molar-refractivity contribution in [2.75, 3.05) is 18.4 Å². The average Bonchev–Trinajstić information content (AvgIpc) is 2.79. The van der Waals surface area contributed by atoms with Crippen LogP contribution in [0, 0.1) is 5.92 Å². The van der Waals surface area contributed by atoms with Crippen molar-refractivity contribution >= 4 is 35.1 Å². The number of nitrogens with zero attached hydrogens (tertiary/aromatic N) is 1. The van der Waals surface area contributed by atoms with Crippen LogP contribution in [0.2, 0.25) is 5.02 Å². The van der Waals surface area contributed by atoms with E-state index in [0.29, 0.717) is 42.2 Å². The van der Waals surface area contributed by atoms with E-state index >= 15 is 0 Å². The number of benzene rings is 2. The summed E-state index contributed by atoms with van der Waals surface area (Å²) in [6.07, 6.45) is 1.04. The van der Waals surface area contributed by atoms with Crippen LogP contribution in [0.25, 0.3) is 0 Å². The Labute approximate surface area is 187 Å². The van der Waals surface area contributed by atoms with E-state index in [2.05, 4.69) is 12.2 Å². The van der Waals surface area contributed by atoms with Gasteiger partial charge in [-0.2, -0.15) is 0 Å². The number of anilines is 1. The highest BCUT2D eigenvalue weighted by atomic mass is 35.5. The van der Waals surface area contributed by atoms with Crippen molar-refractivity contribution in [1.29, 1.82) is 0 Å². The molecule has 0 saturated carbocycles. The van der Waals surface area contributed by atoms with Gasteiger partial charge in [0, 0.05) is 29.4 Å². The lowest BCUT2D eigenvalue weighted by atomic mass is 9.96. The zero-order chi connectivity index (χ0) is 22.4. The van der Waals surface area contributed by atoms with Gasteiger partial charge in [0.25, 0.3) is 11.8 Å². The molecule has 31 heavy (non-hydrogen) atoms. The van der Waals surface area contributed by atoms with Crippen LogP contribution in [0.1, 0.15) is 42.6 Å². The second-order valence-electron chi connectivity index (χ2n) is 7.69. The molecule has 1 atom stereocenters. The molecule has 1 unspecified atom stereocenters. The Hall–Kier alpha value is -2.86. The van der Waals surface area contributed by atoms with Crippen molar-refractivity contribution in [3.63, 3.8) is 0 Å². The highest BCUT2D eigenvalue weighted by molar-refractivity contribution is 6.30. The molecule has 3 rings (SSSR count). The lowest BCUT2D eigenvalue weighted by Gasteiger charge is -2.31. The fourth-order valence-corrected chi connectivity index (χ4v) is 3.61. The summed E-state index contributed by atoms with van der Waals surface area (Å²) in [5, 5.41) is 3.34. The molecule has 0 aromatic heterocycles. The van der Waals surface area contributed by atoms with Crippen LogP contribution in [0.15, 0.2) is 48.5 Å². The second kappa shape index (κ2) is 10.4. The molecule has 6 nitrogen and oxygen atoms in total. The summed E-state index contributed by atoms with van der Waals surface area (Å²) in [6.45, 7) is 4.55. The van der Waals surface area contributed by atoms with E-state index in [9.17, 15) is 14.4 Å². The maximum Gasteiger partial charge on any atom is 0.309 e. The van der Waals surface area contributed by atoms with E-state index in [0.717, 1.165) is 6.42 Å². The van der Waals surface area contributed by atoms with Crippen LogP contribution >= 0.6 is 11.6 Å². The van der Waals surface area contributed by atoms with Gasteiger partial charge in [0.05, 0.1) is 5.92 Å². The Morgan fingerprint density at radius 1 is 1.06 bits per heavy atom. The van der Waals surface area contributed by atoms with Crippen molar-refractivity contribution < 1.29 is 19.1 Å². The van der Waals surface area contributed by atoms with Gasteiger partial charge in [-0.05, 0) is 68.1 Å². The van der Waals surface area contributed by atoms with Gasteiger partial charge in [-0.3, -0.25) is 14.4 Å². The third-order valence-corrected chi connectivity index (χ3v) is 5.75. The number of rotatable bonds is 6. The minimum atomic E-state index is -0.896.